The second kappa shape index (κ2) is 10.5. The Bertz CT molecular complexity index is 821. The Hall–Kier alpha value is -1.65. The van der Waals surface area contributed by atoms with Gasteiger partial charge in [0, 0.05) is 11.8 Å². The van der Waals surface area contributed by atoms with E-state index < -0.39 is 18.8 Å². The number of H-pyrrole nitrogens is 1. The van der Waals surface area contributed by atoms with Crippen LogP contribution >= 0.6 is 7.60 Å². The molecular formula is C18H29N2O5P. The molecule has 0 bridgehead atoms. The first kappa shape index (κ1) is 22.4. The molecule has 0 amide bonds. The van der Waals surface area contributed by atoms with Crippen LogP contribution in [0.15, 0.2) is 32.4 Å². The van der Waals surface area contributed by atoms with Gasteiger partial charge in [-0.25, -0.2) is 4.79 Å². The fourth-order valence-corrected chi connectivity index (χ4v) is 4.25. The lowest BCUT2D eigenvalue weighted by Gasteiger charge is -2.19. The maximum atomic E-state index is 13.1. The van der Waals surface area contributed by atoms with Gasteiger partial charge in [-0.3, -0.25) is 18.9 Å². The van der Waals surface area contributed by atoms with Crippen LogP contribution in [0, 0.1) is 6.92 Å². The van der Waals surface area contributed by atoms with Crippen LogP contribution in [0.3, 0.4) is 0 Å². The molecule has 1 rings (SSSR count). The highest BCUT2D eigenvalue weighted by atomic mass is 31.2. The SMILES string of the molecule is CCCCC(=C=C(C)Cn1cc(C)c(=O)[nH]c1=O)P(=O)(OCC)OCC. The number of rotatable bonds is 10. The molecule has 8 heteroatoms. The van der Waals surface area contributed by atoms with Crippen molar-refractivity contribution < 1.29 is 13.6 Å². The fraction of sp³-hybridized carbons (Fsp3) is 0.611. The summed E-state index contributed by atoms with van der Waals surface area (Å²) in [6, 6.07) is 0. The summed E-state index contributed by atoms with van der Waals surface area (Å²) in [7, 11) is -3.41. The monoisotopic (exact) mass is 384 g/mol. The summed E-state index contributed by atoms with van der Waals surface area (Å²) in [5.74, 6) is 0. The van der Waals surface area contributed by atoms with Crippen molar-refractivity contribution in [2.24, 2.45) is 0 Å². The lowest BCUT2D eigenvalue weighted by atomic mass is 10.2. The Morgan fingerprint density at radius 3 is 2.38 bits per heavy atom. The van der Waals surface area contributed by atoms with E-state index in [4.69, 9.17) is 9.05 Å². The molecule has 0 aliphatic carbocycles. The number of aromatic amines is 1. The van der Waals surface area contributed by atoms with Gasteiger partial charge in [0.1, 0.15) is 0 Å². The zero-order chi connectivity index (χ0) is 19.7. The number of unbranched alkanes of at least 4 members (excludes halogenated alkanes) is 1. The number of hydrogen-bond acceptors (Lipinski definition) is 5. The Labute approximate surface area is 154 Å². The Balaban J connectivity index is 3.35. The molecule has 0 aromatic carbocycles. The predicted molar refractivity (Wildman–Crippen MR) is 103 cm³/mol. The third kappa shape index (κ3) is 6.26. The Morgan fingerprint density at radius 2 is 1.85 bits per heavy atom. The largest absolute Gasteiger partial charge is 0.364 e. The number of hydrogen-bond donors (Lipinski definition) is 1. The van der Waals surface area contributed by atoms with Crippen molar-refractivity contribution in [1.82, 2.24) is 9.55 Å². The van der Waals surface area contributed by atoms with Gasteiger partial charge in [-0.1, -0.05) is 13.3 Å². The van der Waals surface area contributed by atoms with Crippen molar-refractivity contribution >= 4 is 7.60 Å². The summed E-state index contributed by atoms with van der Waals surface area (Å²) in [6.07, 6.45) is 3.81. The predicted octanol–water partition coefficient (Wildman–Crippen LogP) is 3.73. The standard InChI is InChI=1S/C18H29N2O5P/c1-6-9-10-16(26(23,24-7-2)25-8-3)11-14(4)12-20-13-15(5)17(21)19-18(20)22/h13H,6-10,12H2,1-5H3,(H,19,21,22). The lowest BCUT2D eigenvalue weighted by Crippen LogP contribution is -2.31. The third-order valence-corrected chi connectivity index (χ3v) is 5.84. The third-order valence-electron chi connectivity index (χ3n) is 3.65. The smallest absolute Gasteiger partial charge is 0.305 e. The average Bonchev–Trinajstić information content (AvgIpc) is 2.56. The van der Waals surface area contributed by atoms with E-state index in [0.717, 1.165) is 12.8 Å². The van der Waals surface area contributed by atoms with E-state index in [2.05, 4.69) is 10.7 Å². The topological polar surface area (TPSA) is 90.4 Å². The zero-order valence-electron chi connectivity index (χ0n) is 16.3. The first-order valence-corrected chi connectivity index (χ1v) is 10.5. The number of aryl methyl sites for hydroxylation is 1. The summed E-state index contributed by atoms with van der Waals surface area (Å²) < 4.78 is 25.4. The highest BCUT2D eigenvalue weighted by Gasteiger charge is 2.29. The second-order valence-electron chi connectivity index (χ2n) is 5.99. The molecule has 0 saturated heterocycles. The molecule has 0 aliphatic heterocycles. The van der Waals surface area contributed by atoms with Gasteiger partial charge in [-0.05, 0) is 46.1 Å². The molecule has 0 atom stereocenters. The van der Waals surface area contributed by atoms with E-state index in [0.29, 0.717) is 22.9 Å². The van der Waals surface area contributed by atoms with Crippen molar-refractivity contribution in [2.75, 3.05) is 13.2 Å². The molecular weight excluding hydrogens is 355 g/mol. The fourth-order valence-electron chi connectivity index (χ4n) is 2.42. The molecule has 1 heterocycles. The van der Waals surface area contributed by atoms with Gasteiger partial charge in [-0.2, -0.15) is 0 Å². The van der Waals surface area contributed by atoms with Crippen molar-refractivity contribution in [1.29, 1.82) is 0 Å². The van der Waals surface area contributed by atoms with Crippen molar-refractivity contribution in [3.8, 4) is 0 Å². The van der Waals surface area contributed by atoms with Crippen molar-refractivity contribution in [2.45, 2.75) is 60.4 Å². The van der Waals surface area contributed by atoms with Crippen molar-refractivity contribution in [3.05, 3.63) is 49.2 Å². The molecule has 0 saturated carbocycles. The maximum Gasteiger partial charge on any atom is 0.364 e. The van der Waals surface area contributed by atoms with Crippen LogP contribution < -0.4 is 11.2 Å². The minimum atomic E-state index is -3.41. The van der Waals surface area contributed by atoms with Crippen LogP contribution in [0.2, 0.25) is 0 Å². The highest BCUT2D eigenvalue weighted by Crippen LogP contribution is 2.57. The molecule has 26 heavy (non-hydrogen) atoms. The lowest BCUT2D eigenvalue weighted by molar-refractivity contribution is 0.225. The van der Waals surface area contributed by atoms with Crippen LogP contribution in [0.25, 0.3) is 0 Å². The molecule has 1 N–H and O–H groups in total. The quantitative estimate of drug-likeness (QED) is 0.490. The minimum absolute atomic E-state index is 0.227. The zero-order valence-corrected chi connectivity index (χ0v) is 17.2. The molecule has 0 fully saturated rings. The number of nitrogens with zero attached hydrogens (tertiary/aromatic N) is 1. The average molecular weight is 384 g/mol. The van der Waals surface area contributed by atoms with E-state index in [9.17, 15) is 14.2 Å². The van der Waals surface area contributed by atoms with E-state index >= 15 is 0 Å². The van der Waals surface area contributed by atoms with Gasteiger partial charge in [0.25, 0.3) is 5.56 Å². The summed E-state index contributed by atoms with van der Waals surface area (Å²) in [4.78, 5) is 25.7. The number of aromatic nitrogens is 2. The molecule has 146 valence electrons. The summed E-state index contributed by atoms with van der Waals surface area (Å²) in [5, 5.41) is 0.495. The Kier molecular flexibility index (Phi) is 9.03. The molecule has 0 radical (unpaired) electrons. The molecule has 1 aromatic rings. The van der Waals surface area contributed by atoms with Crippen LogP contribution in [0.5, 0.6) is 0 Å². The minimum Gasteiger partial charge on any atom is -0.305 e. The van der Waals surface area contributed by atoms with Crippen LogP contribution in [0.4, 0.5) is 0 Å². The normalized spacial score (nSPS) is 11.3. The van der Waals surface area contributed by atoms with Gasteiger partial charge in [-0.15, -0.1) is 5.73 Å². The first-order valence-electron chi connectivity index (χ1n) is 8.92. The summed E-state index contributed by atoms with van der Waals surface area (Å²) in [5.41, 5.74) is 3.39. The van der Waals surface area contributed by atoms with E-state index in [1.165, 1.54) is 10.8 Å². The summed E-state index contributed by atoms with van der Waals surface area (Å²) in [6.45, 7) is 9.77. The second-order valence-corrected chi connectivity index (χ2v) is 8.04. The van der Waals surface area contributed by atoms with Gasteiger partial charge in [0.2, 0.25) is 0 Å². The maximum absolute atomic E-state index is 13.1. The molecule has 0 spiro atoms. The first-order chi connectivity index (χ1) is 12.3. The van der Waals surface area contributed by atoms with Gasteiger partial charge in [0.05, 0.1) is 25.1 Å². The molecule has 7 nitrogen and oxygen atoms in total. The molecule has 0 unspecified atom stereocenters. The van der Waals surface area contributed by atoms with Gasteiger partial charge >= 0.3 is 13.3 Å². The van der Waals surface area contributed by atoms with Crippen LogP contribution in [-0.4, -0.2) is 22.8 Å². The van der Waals surface area contributed by atoms with Gasteiger partial charge in [0.15, 0.2) is 0 Å². The summed E-state index contributed by atoms with van der Waals surface area (Å²) >= 11 is 0. The molecule has 0 aliphatic rings. The number of nitrogens with one attached hydrogen (secondary N) is 1. The van der Waals surface area contributed by atoms with E-state index in [-0.39, 0.29) is 19.8 Å². The van der Waals surface area contributed by atoms with E-state index in [1.807, 2.05) is 6.92 Å². The van der Waals surface area contributed by atoms with Gasteiger partial charge < -0.3 is 9.05 Å². The number of allylic oxidation sites excluding steroid dienone is 1. The van der Waals surface area contributed by atoms with Crippen LogP contribution in [-0.2, 0) is 20.2 Å². The molecule has 1 aromatic heterocycles. The van der Waals surface area contributed by atoms with Crippen molar-refractivity contribution in [3.63, 3.8) is 0 Å². The van der Waals surface area contributed by atoms with Crippen LogP contribution in [0.1, 0.15) is 52.5 Å². The highest BCUT2D eigenvalue weighted by molar-refractivity contribution is 7.58. The van der Waals surface area contributed by atoms with E-state index in [1.54, 1.807) is 27.7 Å². The Morgan fingerprint density at radius 1 is 1.23 bits per heavy atom.